The molecule has 0 saturated carbocycles. The molecule has 1 atom stereocenters. The van der Waals surface area contributed by atoms with Gasteiger partial charge >= 0.3 is 0 Å². The maximum Gasteiger partial charge on any atom is 0.170 e. The van der Waals surface area contributed by atoms with Gasteiger partial charge in [0.15, 0.2) is 5.78 Å². The maximum atomic E-state index is 13.2. The number of ketones is 1. The third kappa shape index (κ3) is 2.59. The molecular formula is C11H13F2NO. The lowest BCUT2D eigenvalue weighted by Crippen LogP contribution is -2.24. The van der Waals surface area contributed by atoms with Crippen molar-refractivity contribution in [3.8, 4) is 0 Å². The van der Waals surface area contributed by atoms with Crippen LogP contribution >= 0.6 is 0 Å². The molecule has 1 rings (SSSR count). The van der Waals surface area contributed by atoms with E-state index in [4.69, 9.17) is 5.73 Å². The summed E-state index contributed by atoms with van der Waals surface area (Å²) in [6, 6.07) is 2.84. The molecule has 0 radical (unpaired) electrons. The van der Waals surface area contributed by atoms with Gasteiger partial charge in [0.25, 0.3) is 0 Å². The minimum atomic E-state index is -0.701. The molecule has 0 aliphatic carbocycles. The van der Waals surface area contributed by atoms with Crippen LogP contribution in [0.5, 0.6) is 0 Å². The van der Waals surface area contributed by atoms with E-state index in [0.29, 0.717) is 6.42 Å². The highest BCUT2D eigenvalue weighted by Gasteiger charge is 2.20. The van der Waals surface area contributed by atoms with Crippen molar-refractivity contribution in [2.24, 2.45) is 11.7 Å². The van der Waals surface area contributed by atoms with Crippen molar-refractivity contribution in [3.63, 3.8) is 0 Å². The molecule has 4 heteroatoms. The fraction of sp³-hybridized carbons (Fsp3) is 0.364. The van der Waals surface area contributed by atoms with Crippen LogP contribution in [0.2, 0.25) is 0 Å². The lowest BCUT2D eigenvalue weighted by atomic mass is 9.95. The second kappa shape index (κ2) is 4.98. The molecule has 0 aromatic heterocycles. The minimum Gasteiger partial charge on any atom is -0.330 e. The zero-order chi connectivity index (χ0) is 11.4. The molecule has 0 heterocycles. The molecule has 2 N–H and O–H groups in total. The summed E-state index contributed by atoms with van der Waals surface area (Å²) in [6.45, 7) is 1.93. The highest BCUT2D eigenvalue weighted by atomic mass is 19.1. The fourth-order valence-corrected chi connectivity index (χ4v) is 1.37. The van der Waals surface area contributed by atoms with Crippen molar-refractivity contribution in [2.45, 2.75) is 13.3 Å². The first-order chi connectivity index (χ1) is 7.10. The van der Waals surface area contributed by atoms with Crippen LogP contribution in [0.15, 0.2) is 18.2 Å². The van der Waals surface area contributed by atoms with Gasteiger partial charge in [-0.1, -0.05) is 6.92 Å². The van der Waals surface area contributed by atoms with Crippen LogP contribution in [0.3, 0.4) is 0 Å². The van der Waals surface area contributed by atoms with Gasteiger partial charge in [0.2, 0.25) is 0 Å². The number of hydrogen-bond donors (Lipinski definition) is 1. The molecule has 0 fully saturated rings. The predicted molar refractivity (Wildman–Crippen MR) is 53.5 cm³/mol. The number of benzene rings is 1. The molecule has 15 heavy (non-hydrogen) atoms. The van der Waals surface area contributed by atoms with Crippen molar-refractivity contribution >= 4 is 5.78 Å². The quantitative estimate of drug-likeness (QED) is 0.778. The number of Topliss-reactive ketones (excluding diaryl/α,β-unsaturated/α-hetero) is 1. The smallest absolute Gasteiger partial charge is 0.170 e. The highest BCUT2D eigenvalue weighted by Crippen LogP contribution is 2.16. The number of hydrogen-bond acceptors (Lipinski definition) is 2. The zero-order valence-electron chi connectivity index (χ0n) is 8.47. The van der Waals surface area contributed by atoms with Gasteiger partial charge in [-0.25, -0.2) is 8.78 Å². The average molecular weight is 213 g/mol. The first kappa shape index (κ1) is 11.8. The third-order valence-electron chi connectivity index (χ3n) is 2.34. The Bertz CT molecular complexity index is 362. The summed E-state index contributed by atoms with van der Waals surface area (Å²) in [4.78, 5) is 11.7. The number of rotatable bonds is 4. The summed E-state index contributed by atoms with van der Waals surface area (Å²) >= 11 is 0. The Kier molecular flexibility index (Phi) is 3.91. The molecule has 1 aromatic rings. The molecule has 2 nitrogen and oxygen atoms in total. The molecule has 1 aromatic carbocycles. The summed E-state index contributed by atoms with van der Waals surface area (Å²) in [7, 11) is 0. The first-order valence-electron chi connectivity index (χ1n) is 4.79. The SMILES string of the molecule is CCC(CN)C(=O)c1cc(F)ccc1F. The molecule has 0 aliphatic heterocycles. The summed E-state index contributed by atoms with van der Waals surface area (Å²) in [5.41, 5.74) is 5.16. The summed E-state index contributed by atoms with van der Waals surface area (Å²) in [5.74, 6) is -2.20. The fourth-order valence-electron chi connectivity index (χ4n) is 1.37. The molecular weight excluding hydrogens is 200 g/mol. The van der Waals surface area contributed by atoms with Gasteiger partial charge in [0.1, 0.15) is 11.6 Å². The lowest BCUT2D eigenvalue weighted by Gasteiger charge is -2.11. The Morgan fingerprint density at radius 3 is 2.67 bits per heavy atom. The molecule has 0 amide bonds. The zero-order valence-corrected chi connectivity index (χ0v) is 8.47. The monoisotopic (exact) mass is 213 g/mol. The predicted octanol–water partition coefficient (Wildman–Crippen LogP) is 2.13. The van der Waals surface area contributed by atoms with Gasteiger partial charge < -0.3 is 5.73 Å². The van der Waals surface area contributed by atoms with Crippen LogP contribution < -0.4 is 5.73 Å². The number of carbonyl (C=O) groups is 1. The molecule has 0 saturated heterocycles. The van der Waals surface area contributed by atoms with E-state index in [0.717, 1.165) is 18.2 Å². The van der Waals surface area contributed by atoms with E-state index in [-0.39, 0.29) is 12.1 Å². The highest BCUT2D eigenvalue weighted by molar-refractivity contribution is 5.98. The van der Waals surface area contributed by atoms with E-state index in [1.807, 2.05) is 0 Å². The van der Waals surface area contributed by atoms with Crippen molar-refractivity contribution in [1.29, 1.82) is 0 Å². The van der Waals surface area contributed by atoms with Crippen molar-refractivity contribution < 1.29 is 13.6 Å². The van der Waals surface area contributed by atoms with E-state index in [2.05, 4.69) is 0 Å². The first-order valence-corrected chi connectivity index (χ1v) is 4.79. The van der Waals surface area contributed by atoms with Crippen molar-refractivity contribution in [3.05, 3.63) is 35.4 Å². The minimum absolute atomic E-state index is 0.144. The second-order valence-corrected chi connectivity index (χ2v) is 3.33. The van der Waals surface area contributed by atoms with E-state index in [1.165, 1.54) is 0 Å². The molecule has 0 aliphatic rings. The molecule has 1 unspecified atom stereocenters. The standard InChI is InChI=1S/C11H13F2NO/c1-2-7(6-14)11(15)9-5-8(12)3-4-10(9)13/h3-5,7H,2,6,14H2,1H3. The van der Waals surface area contributed by atoms with Gasteiger partial charge in [-0.05, 0) is 24.6 Å². The Morgan fingerprint density at radius 2 is 2.13 bits per heavy atom. The summed E-state index contributed by atoms with van der Waals surface area (Å²) in [6.07, 6.45) is 0.519. The number of nitrogens with two attached hydrogens (primary N) is 1. The largest absolute Gasteiger partial charge is 0.330 e. The van der Waals surface area contributed by atoms with Gasteiger partial charge in [-0.2, -0.15) is 0 Å². The van der Waals surface area contributed by atoms with Crippen LogP contribution in [0, 0.1) is 17.6 Å². The van der Waals surface area contributed by atoms with E-state index in [9.17, 15) is 13.6 Å². The normalized spacial score (nSPS) is 12.5. The van der Waals surface area contributed by atoms with Crippen LogP contribution in [0.4, 0.5) is 8.78 Å². The van der Waals surface area contributed by atoms with Crippen LogP contribution in [-0.4, -0.2) is 12.3 Å². The Hall–Kier alpha value is -1.29. The van der Waals surface area contributed by atoms with E-state index >= 15 is 0 Å². The number of halogens is 2. The molecule has 0 bridgehead atoms. The number of carbonyl (C=O) groups excluding carboxylic acids is 1. The molecule has 0 spiro atoms. The van der Waals surface area contributed by atoms with Gasteiger partial charge in [-0.3, -0.25) is 4.79 Å². The Morgan fingerprint density at radius 1 is 1.47 bits per heavy atom. The van der Waals surface area contributed by atoms with Crippen LogP contribution in [0.1, 0.15) is 23.7 Å². The van der Waals surface area contributed by atoms with Crippen LogP contribution in [-0.2, 0) is 0 Å². The van der Waals surface area contributed by atoms with E-state index < -0.39 is 23.3 Å². The van der Waals surface area contributed by atoms with Crippen molar-refractivity contribution in [2.75, 3.05) is 6.54 Å². The van der Waals surface area contributed by atoms with Crippen molar-refractivity contribution in [1.82, 2.24) is 0 Å². The topological polar surface area (TPSA) is 43.1 Å². The Balaban J connectivity index is 3.04. The third-order valence-corrected chi connectivity index (χ3v) is 2.34. The lowest BCUT2D eigenvalue weighted by molar-refractivity contribution is 0.0916. The summed E-state index contributed by atoms with van der Waals surface area (Å²) in [5, 5.41) is 0. The van der Waals surface area contributed by atoms with Crippen LogP contribution in [0.25, 0.3) is 0 Å². The van der Waals surface area contributed by atoms with Gasteiger partial charge in [-0.15, -0.1) is 0 Å². The average Bonchev–Trinajstić information content (AvgIpc) is 2.23. The maximum absolute atomic E-state index is 13.2. The second-order valence-electron chi connectivity index (χ2n) is 3.33. The van der Waals surface area contributed by atoms with Gasteiger partial charge in [0.05, 0.1) is 5.56 Å². The Labute approximate surface area is 87.1 Å². The van der Waals surface area contributed by atoms with E-state index in [1.54, 1.807) is 6.92 Å². The summed E-state index contributed by atoms with van der Waals surface area (Å²) < 4.78 is 26.1. The molecule has 82 valence electrons. The van der Waals surface area contributed by atoms with Gasteiger partial charge in [0, 0.05) is 12.5 Å².